The van der Waals surface area contributed by atoms with Crippen molar-refractivity contribution >= 4 is 23.6 Å². The van der Waals surface area contributed by atoms with E-state index in [1.165, 1.54) is 0 Å². The predicted molar refractivity (Wildman–Crippen MR) is 38.0 cm³/mol. The first kappa shape index (κ1) is 6.93. The molecule has 0 aliphatic heterocycles. The highest BCUT2D eigenvalue weighted by Crippen LogP contribution is 2.23. The third kappa shape index (κ3) is 1.61. The molecule has 0 bridgehead atoms. The third-order valence-corrected chi connectivity index (χ3v) is 1.90. The minimum Gasteiger partial charge on any atom is -0.145 e. The summed E-state index contributed by atoms with van der Waals surface area (Å²) in [5, 5.41) is 0.525. The van der Waals surface area contributed by atoms with Gasteiger partial charge >= 0.3 is 0 Å². The lowest BCUT2D eigenvalue weighted by atomic mass is 10.4. The molecule has 9 heavy (non-hydrogen) atoms. The maximum absolute atomic E-state index is 10.2. The summed E-state index contributed by atoms with van der Waals surface area (Å²) in [7, 11) is 0. The normalized spacial score (nSPS) is 9.56. The molecule has 1 aromatic rings. The summed E-state index contributed by atoms with van der Waals surface area (Å²) in [6.07, 6.45) is 0. The average Bonchev–Trinajstić information content (AvgIpc) is 1.89. The number of hydrogen-bond acceptors (Lipinski definition) is 1. The molecule has 3 heteroatoms. The second-order valence-electron chi connectivity index (χ2n) is 1.51. The summed E-state index contributed by atoms with van der Waals surface area (Å²) < 4.78 is 10.2. The lowest BCUT2D eigenvalue weighted by Gasteiger charge is -1.92. The van der Waals surface area contributed by atoms with E-state index in [2.05, 4.69) is 0 Å². The zero-order valence-corrected chi connectivity index (χ0v) is 6.08. The number of rotatable bonds is 1. The zero-order valence-electron chi connectivity index (χ0n) is 4.50. The Kier molecular flexibility index (Phi) is 2.39. The van der Waals surface area contributed by atoms with Crippen LogP contribution in [0.15, 0.2) is 29.2 Å². The van der Waals surface area contributed by atoms with Crippen LogP contribution >= 0.6 is 23.6 Å². The second-order valence-corrected chi connectivity index (χ2v) is 2.53. The SMILES string of the molecule is [O]Sc1ccccc1Cl. The minimum absolute atomic E-state index is 0.413. The van der Waals surface area contributed by atoms with Gasteiger partial charge in [-0.3, -0.25) is 0 Å². The van der Waals surface area contributed by atoms with Crippen molar-refractivity contribution in [3.8, 4) is 0 Å². The van der Waals surface area contributed by atoms with Gasteiger partial charge in [0.15, 0.2) is 0 Å². The van der Waals surface area contributed by atoms with Crippen LogP contribution in [0.25, 0.3) is 0 Å². The maximum atomic E-state index is 10.2. The number of benzene rings is 1. The molecule has 0 unspecified atom stereocenters. The molecule has 0 N–H and O–H groups in total. The second kappa shape index (κ2) is 3.11. The van der Waals surface area contributed by atoms with Gasteiger partial charge in [-0.15, -0.1) is 4.55 Å². The van der Waals surface area contributed by atoms with Gasteiger partial charge in [-0.05, 0) is 12.1 Å². The van der Waals surface area contributed by atoms with E-state index >= 15 is 0 Å². The molecular formula is C6H4ClOS. The van der Waals surface area contributed by atoms with Crippen LogP contribution in [0, 0.1) is 0 Å². The summed E-state index contributed by atoms with van der Waals surface area (Å²) in [6, 6.07) is 6.97. The molecule has 0 atom stereocenters. The molecule has 0 fully saturated rings. The molecule has 1 rings (SSSR count). The van der Waals surface area contributed by atoms with Crippen molar-refractivity contribution in [2.75, 3.05) is 0 Å². The lowest BCUT2D eigenvalue weighted by molar-refractivity contribution is 0.531. The summed E-state index contributed by atoms with van der Waals surface area (Å²) in [6.45, 7) is 0. The Morgan fingerprint density at radius 1 is 1.33 bits per heavy atom. The van der Waals surface area contributed by atoms with Gasteiger partial charge < -0.3 is 0 Å². The van der Waals surface area contributed by atoms with Crippen LogP contribution in [-0.4, -0.2) is 0 Å². The Bertz CT molecular complexity index is 202. The summed E-state index contributed by atoms with van der Waals surface area (Å²) in [4.78, 5) is 0.583. The summed E-state index contributed by atoms with van der Waals surface area (Å²) >= 11 is 6.02. The molecular weight excluding hydrogens is 156 g/mol. The molecule has 47 valence electrons. The first-order valence-electron chi connectivity index (χ1n) is 2.39. The van der Waals surface area contributed by atoms with Crippen molar-refractivity contribution in [1.82, 2.24) is 0 Å². The van der Waals surface area contributed by atoms with Gasteiger partial charge in [0.25, 0.3) is 0 Å². The Labute approximate surface area is 62.9 Å². The van der Waals surface area contributed by atoms with E-state index in [0.717, 1.165) is 0 Å². The first-order valence-corrected chi connectivity index (χ1v) is 3.51. The molecule has 1 aromatic carbocycles. The molecule has 0 spiro atoms. The van der Waals surface area contributed by atoms with E-state index in [4.69, 9.17) is 11.6 Å². The fraction of sp³-hybridized carbons (Fsp3) is 0. The van der Waals surface area contributed by atoms with Crippen molar-refractivity contribution in [1.29, 1.82) is 0 Å². The Morgan fingerprint density at radius 2 is 2.00 bits per heavy atom. The Hall–Kier alpha value is -0.180. The van der Waals surface area contributed by atoms with E-state index < -0.39 is 0 Å². The molecule has 0 heterocycles. The van der Waals surface area contributed by atoms with E-state index in [0.29, 0.717) is 22.0 Å². The Balaban J connectivity index is 3.01. The molecule has 0 saturated carbocycles. The molecule has 1 radical (unpaired) electrons. The van der Waals surface area contributed by atoms with Crippen LogP contribution in [0.5, 0.6) is 0 Å². The number of halogens is 1. The average molecular weight is 160 g/mol. The van der Waals surface area contributed by atoms with Crippen molar-refractivity contribution in [2.45, 2.75) is 4.90 Å². The van der Waals surface area contributed by atoms with Gasteiger partial charge in [-0.25, -0.2) is 0 Å². The molecule has 0 amide bonds. The molecule has 0 aliphatic rings. The monoisotopic (exact) mass is 159 g/mol. The van der Waals surface area contributed by atoms with Crippen LogP contribution < -0.4 is 0 Å². The molecule has 0 aromatic heterocycles. The first-order chi connectivity index (χ1) is 4.34. The molecule has 0 aliphatic carbocycles. The highest BCUT2D eigenvalue weighted by Gasteiger charge is 1.95. The summed E-state index contributed by atoms with van der Waals surface area (Å²) in [5.74, 6) is 0. The van der Waals surface area contributed by atoms with Gasteiger partial charge in [-0.2, -0.15) is 0 Å². The van der Waals surface area contributed by atoms with Crippen LogP contribution in [0.2, 0.25) is 5.02 Å². The Morgan fingerprint density at radius 3 is 2.44 bits per heavy atom. The highest BCUT2D eigenvalue weighted by atomic mass is 35.5. The predicted octanol–water partition coefficient (Wildman–Crippen LogP) is 2.78. The van der Waals surface area contributed by atoms with Gasteiger partial charge in [0.1, 0.15) is 0 Å². The smallest absolute Gasteiger partial charge is 0.0711 e. The quantitative estimate of drug-likeness (QED) is 0.577. The fourth-order valence-electron chi connectivity index (χ4n) is 0.512. The highest BCUT2D eigenvalue weighted by molar-refractivity contribution is 7.93. The van der Waals surface area contributed by atoms with Crippen LogP contribution in [-0.2, 0) is 4.55 Å². The van der Waals surface area contributed by atoms with E-state index in [-0.39, 0.29) is 0 Å². The van der Waals surface area contributed by atoms with Gasteiger partial charge in [-0.1, -0.05) is 23.7 Å². The largest absolute Gasteiger partial charge is 0.145 e. The molecule has 1 nitrogen and oxygen atoms in total. The van der Waals surface area contributed by atoms with Crippen molar-refractivity contribution in [2.24, 2.45) is 0 Å². The maximum Gasteiger partial charge on any atom is 0.0711 e. The van der Waals surface area contributed by atoms with Crippen molar-refractivity contribution < 1.29 is 4.55 Å². The van der Waals surface area contributed by atoms with E-state index in [9.17, 15) is 4.55 Å². The van der Waals surface area contributed by atoms with Crippen molar-refractivity contribution in [3.63, 3.8) is 0 Å². The fourth-order valence-corrected chi connectivity index (χ4v) is 1.02. The van der Waals surface area contributed by atoms with Crippen molar-refractivity contribution in [3.05, 3.63) is 29.3 Å². The standard InChI is InChI=1S/C6H4ClOS/c7-5-3-1-2-4-6(5)9-8/h1-4H. The third-order valence-electron chi connectivity index (χ3n) is 0.926. The minimum atomic E-state index is 0.413. The topological polar surface area (TPSA) is 19.9 Å². The lowest BCUT2D eigenvalue weighted by Crippen LogP contribution is -1.68. The summed E-state index contributed by atoms with van der Waals surface area (Å²) in [5.41, 5.74) is 0. The zero-order chi connectivity index (χ0) is 6.69. The van der Waals surface area contributed by atoms with Gasteiger partial charge in [0, 0.05) is 0 Å². The van der Waals surface area contributed by atoms with E-state index in [1.807, 2.05) is 0 Å². The number of hydrogen-bond donors (Lipinski definition) is 0. The van der Waals surface area contributed by atoms with Crippen LogP contribution in [0.4, 0.5) is 0 Å². The van der Waals surface area contributed by atoms with Crippen LogP contribution in [0.3, 0.4) is 0 Å². The molecule has 0 saturated heterocycles. The van der Waals surface area contributed by atoms with Gasteiger partial charge in [0.05, 0.1) is 22.0 Å². The van der Waals surface area contributed by atoms with E-state index in [1.54, 1.807) is 24.3 Å². The van der Waals surface area contributed by atoms with Gasteiger partial charge in [0.2, 0.25) is 0 Å². The van der Waals surface area contributed by atoms with Crippen LogP contribution in [0.1, 0.15) is 0 Å².